The third-order valence-electron chi connectivity index (χ3n) is 4.52. The van der Waals surface area contributed by atoms with Crippen LogP contribution in [0, 0.1) is 5.82 Å². The Morgan fingerprint density at radius 2 is 1.89 bits per heavy atom. The number of amides is 1. The lowest BCUT2D eigenvalue weighted by Crippen LogP contribution is -2.48. The molecule has 0 bridgehead atoms. The third kappa shape index (κ3) is 4.52. The van der Waals surface area contributed by atoms with Crippen molar-refractivity contribution >= 4 is 28.3 Å². The van der Waals surface area contributed by atoms with Gasteiger partial charge in [-0.1, -0.05) is 18.2 Å². The average molecular weight is 428 g/mol. The van der Waals surface area contributed by atoms with Crippen LogP contribution in [0.4, 0.5) is 4.39 Å². The van der Waals surface area contributed by atoms with Gasteiger partial charge in [0.15, 0.2) is 0 Å². The molecule has 1 heterocycles. The van der Waals surface area contributed by atoms with Gasteiger partial charge in [-0.05, 0) is 35.9 Å². The van der Waals surface area contributed by atoms with E-state index in [-0.39, 0.29) is 29.8 Å². The molecule has 1 aliphatic heterocycles. The number of hydrogen-bond acceptors (Lipinski definition) is 4. The maximum Gasteiger partial charge on any atom is 0.253 e. The smallest absolute Gasteiger partial charge is 0.253 e. The summed E-state index contributed by atoms with van der Waals surface area (Å²) in [5.41, 5.74) is 0.893. The van der Waals surface area contributed by atoms with E-state index >= 15 is 0 Å². The molecule has 1 atom stereocenters. The molecule has 1 fully saturated rings. The Balaban J connectivity index is 0.00000280. The van der Waals surface area contributed by atoms with Gasteiger partial charge in [0, 0.05) is 39.3 Å². The minimum Gasteiger partial charge on any atom is -0.345 e. The number of nitrogens with one attached hydrogen (secondary N) is 1. The van der Waals surface area contributed by atoms with Crippen LogP contribution in [0.15, 0.2) is 53.4 Å². The van der Waals surface area contributed by atoms with Crippen molar-refractivity contribution in [3.63, 3.8) is 0 Å². The van der Waals surface area contributed by atoms with E-state index in [0.717, 1.165) is 0 Å². The predicted octanol–water partition coefficient (Wildman–Crippen LogP) is 2.28. The van der Waals surface area contributed by atoms with Crippen LogP contribution in [-0.4, -0.2) is 57.3 Å². The number of carbonyl (C=O) groups excluding carboxylic acids is 1. The van der Waals surface area contributed by atoms with Crippen molar-refractivity contribution in [3.05, 3.63) is 65.5 Å². The Bertz CT molecular complexity index is 953. The van der Waals surface area contributed by atoms with Crippen molar-refractivity contribution in [2.75, 3.05) is 33.7 Å². The molecule has 0 spiro atoms. The molecule has 0 saturated carbocycles. The normalized spacial score (nSPS) is 17.6. The Hall–Kier alpha value is -2.00. The molecular weight excluding hydrogens is 405 g/mol. The number of nitrogens with zero attached hydrogens (tertiary/aromatic N) is 2. The highest BCUT2D eigenvalue weighted by atomic mass is 35.5. The van der Waals surface area contributed by atoms with Gasteiger partial charge in [-0.2, -0.15) is 4.31 Å². The first-order valence-electron chi connectivity index (χ1n) is 8.60. The fourth-order valence-corrected chi connectivity index (χ4v) is 4.81. The van der Waals surface area contributed by atoms with E-state index in [1.165, 1.54) is 33.5 Å². The molecule has 0 radical (unpaired) electrons. The zero-order valence-corrected chi connectivity index (χ0v) is 17.3. The minimum absolute atomic E-state index is 0. The summed E-state index contributed by atoms with van der Waals surface area (Å²) < 4.78 is 41.6. The summed E-state index contributed by atoms with van der Waals surface area (Å²) in [4.78, 5) is 13.6. The van der Waals surface area contributed by atoms with E-state index in [1.54, 1.807) is 38.4 Å². The molecule has 0 aromatic heterocycles. The van der Waals surface area contributed by atoms with E-state index in [4.69, 9.17) is 0 Å². The maximum atomic E-state index is 13.7. The van der Waals surface area contributed by atoms with E-state index in [0.29, 0.717) is 24.2 Å². The van der Waals surface area contributed by atoms with Crippen LogP contribution in [0.2, 0.25) is 0 Å². The van der Waals surface area contributed by atoms with Gasteiger partial charge in [0.05, 0.1) is 10.9 Å². The maximum absolute atomic E-state index is 13.7. The molecule has 1 saturated heterocycles. The van der Waals surface area contributed by atoms with Crippen LogP contribution < -0.4 is 5.32 Å². The molecule has 3 rings (SSSR count). The number of hydrogen-bond donors (Lipinski definition) is 1. The summed E-state index contributed by atoms with van der Waals surface area (Å²) in [6.07, 6.45) is 0. The van der Waals surface area contributed by atoms with Crippen LogP contribution in [0.5, 0.6) is 0 Å². The van der Waals surface area contributed by atoms with Crippen LogP contribution in [0.25, 0.3) is 0 Å². The average Bonchev–Trinajstić information content (AvgIpc) is 2.67. The lowest BCUT2D eigenvalue weighted by Gasteiger charge is -2.35. The molecule has 152 valence electrons. The van der Waals surface area contributed by atoms with Gasteiger partial charge < -0.3 is 10.2 Å². The molecule has 6 nitrogen and oxygen atoms in total. The highest BCUT2D eigenvalue weighted by molar-refractivity contribution is 7.89. The molecule has 1 amide bonds. The van der Waals surface area contributed by atoms with Crippen LogP contribution in [0.3, 0.4) is 0 Å². The number of rotatable bonds is 4. The molecule has 1 unspecified atom stereocenters. The standard InChI is InChI=1S/C19H22FN3O3S.ClH/c1-22(2)19(24)15-6-4-8-17(12-15)27(25,26)23-10-9-21-13-18(23)14-5-3-7-16(20)11-14;/h3-8,11-12,18,21H,9-10,13H2,1-2H3;1H. The molecule has 2 aromatic carbocycles. The Morgan fingerprint density at radius 3 is 2.57 bits per heavy atom. The fraction of sp³-hybridized carbons (Fsp3) is 0.316. The van der Waals surface area contributed by atoms with Gasteiger partial charge in [-0.15, -0.1) is 12.4 Å². The third-order valence-corrected chi connectivity index (χ3v) is 6.43. The van der Waals surface area contributed by atoms with Crippen molar-refractivity contribution in [1.29, 1.82) is 0 Å². The zero-order valence-electron chi connectivity index (χ0n) is 15.6. The zero-order chi connectivity index (χ0) is 19.6. The molecular formula is C19H23ClFN3O3S. The topological polar surface area (TPSA) is 69.7 Å². The SMILES string of the molecule is CN(C)C(=O)c1cccc(S(=O)(=O)N2CCNCC2c2cccc(F)c2)c1.Cl. The highest BCUT2D eigenvalue weighted by Crippen LogP contribution is 2.29. The lowest BCUT2D eigenvalue weighted by molar-refractivity contribution is 0.0827. The number of sulfonamides is 1. The first-order chi connectivity index (χ1) is 12.8. The largest absolute Gasteiger partial charge is 0.345 e. The monoisotopic (exact) mass is 427 g/mol. The summed E-state index contributed by atoms with van der Waals surface area (Å²) in [7, 11) is -0.632. The summed E-state index contributed by atoms with van der Waals surface area (Å²) in [6.45, 7) is 1.15. The predicted molar refractivity (Wildman–Crippen MR) is 108 cm³/mol. The minimum atomic E-state index is -3.85. The van der Waals surface area contributed by atoms with Crippen LogP contribution >= 0.6 is 12.4 Å². The Morgan fingerprint density at radius 1 is 1.18 bits per heavy atom. The lowest BCUT2D eigenvalue weighted by atomic mass is 10.1. The van der Waals surface area contributed by atoms with E-state index in [1.807, 2.05) is 0 Å². The second-order valence-electron chi connectivity index (χ2n) is 6.62. The number of carbonyl (C=O) groups is 1. The van der Waals surface area contributed by atoms with Gasteiger partial charge in [0.2, 0.25) is 10.0 Å². The number of halogens is 2. The summed E-state index contributed by atoms with van der Waals surface area (Å²) in [5.74, 6) is -0.678. The van der Waals surface area contributed by atoms with Crippen LogP contribution in [0.1, 0.15) is 22.0 Å². The van der Waals surface area contributed by atoms with Crippen molar-refractivity contribution in [2.24, 2.45) is 0 Å². The molecule has 1 N–H and O–H groups in total. The molecule has 1 aliphatic rings. The number of benzene rings is 2. The van der Waals surface area contributed by atoms with Crippen molar-refractivity contribution in [2.45, 2.75) is 10.9 Å². The summed E-state index contributed by atoms with van der Waals surface area (Å²) >= 11 is 0. The Labute approximate surface area is 170 Å². The van der Waals surface area contributed by atoms with Crippen LogP contribution in [-0.2, 0) is 10.0 Å². The first-order valence-corrected chi connectivity index (χ1v) is 10.0. The van der Waals surface area contributed by atoms with Gasteiger partial charge in [-0.25, -0.2) is 12.8 Å². The highest BCUT2D eigenvalue weighted by Gasteiger charge is 2.34. The van der Waals surface area contributed by atoms with Gasteiger partial charge >= 0.3 is 0 Å². The fourth-order valence-electron chi connectivity index (χ4n) is 3.15. The molecule has 28 heavy (non-hydrogen) atoms. The molecule has 0 aliphatic carbocycles. The molecule has 9 heteroatoms. The second-order valence-corrected chi connectivity index (χ2v) is 8.51. The van der Waals surface area contributed by atoms with Gasteiger partial charge in [0.25, 0.3) is 5.91 Å². The van der Waals surface area contributed by atoms with E-state index in [2.05, 4.69) is 5.32 Å². The van der Waals surface area contributed by atoms with Crippen molar-refractivity contribution in [3.8, 4) is 0 Å². The molecule has 2 aromatic rings. The summed E-state index contributed by atoms with van der Waals surface area (Å²) in [5, 5.41) is 3.16. The second kappa shape index (κ2) is 9.00. The van der Waals surface area contributed by atoms with Crippen molar-refractivity contribution in [1.82, 2.24) is 14.5 Å². The van der Waals surface area contributed by atoms with Crippen molar-refractivity contribution < 1.29 is 17.6 Å². The van der Waals surface area contributed by atoms with Gasteiger partial charge in [0.1, 0.15) is 5.82 Å². The first kappa shape index (κ1) is 22.3. The van der Waals surface area contributed by atoms with Gasteiger partial charge in [-0.3, -0.25) is 4.79 Å². The quantitative estimate of drug-likeness (QED) is 0.812. The number of piperazine rings is 1. The van der Waals surface area contributed by atoms with E-state index < -0.39 is 21.9 Å². The Kier molecular flexibility index (Phi) is 7.16. The van der Waals surface area contributed by atoms with E-state index in [9.17, 15) is 17.6 Å². The summed E-state index contributed by atoms with van der Waals surface area (Å²) in [6, 6.07) is 11.5.